The van der Waals surface area contributed by atoms with Crippen molar-refractivity contribution in [3.63, 3.8) is 0 Å². The molecular formula is C16H18N4O3. The number of pyridine rings is 1. The van der Waals surface area contributed by atoms with Gasteiger partial charge in [0.2, 0.25) is 0 Å². The van der Waals surface area contributed by atoms with Crippen molar-refractivity contribution in [2.75, 3.05) is 11.9 Å². The maximum Gasteiger partial charge on any atom is 0.270 e. The van der Waals surface area contributed by atoms with Gasteiger partial charge in [-0.1, -0.05) is 20.3 Å². The van der Waals surface area contributed by atoms with Crippen molar-refractivity contribution in [2.45, 2.75) is 26.4 Å². The predicted molar refractivity (Wildman–Crippen MR) is 87.1 cm³/mol. The van der Waals surface area contributed by atoms with Gasteiger partial charge in [0, 0.05) is 24.1 Å². The first-order valence-corrected chi connectivity index (χ1v) is 7.37. The van der Waals surface area contributed by atoms with E-state index in [2.05, 4.69) is 10.3 Å². The molecule has 7 nitrogen and oxygen atoms in total. The highest BCUT2D eigenvalue weighted by molar-refractivity contribution is 5.88. The third kappa shape index (κ3) is 3.73. The van der Waals surface area contributed by atoms with Crippen LogP contribution in [-0.2, 0) is 0 Å². The molecule has 0 aliphatic heterocycles. The Kier molecular flexibility index (Phi) is 5.09. The summed E-state index contributed by atoms with van der Waals surface area (Å²) >= 11 is 0. The number of nitro groups is 1. The molecule has 0 radical (unpaired) electrons. The van der Waals surface area contributed by atoms with Crippen LogP contribution in [0.4, 0.5) is 11.5 Å². The highest BCUT2D eigenvalue weighted by Gasteiger charge is 2.14. The number of nitro benzene ring substituents is 1. The van der Waals surface area contributed by atoms with Crippen molar-refractivity contribution in [1.29, 1.82) is 5.26 Å². The van der Waals surface area contributed by atoms with Crippen LogP contribution < -0.4 is 5.32 Å². The van der Waals surface area contributed by atoms with Crippen molar-refractivity contribution in [2.24, 2.45) is 5.92 Å². The van der Waals surface area contributed by atoms with Crippen molar-refractivity contribution >= 4 is 22.4 Å². The van der Waals surface area contributed by atoms with E-state index < -0.39 is 11.0 Å². The number of non-ortho nitro benzene ring substituents is 1. The second-order valence-corrected chi connectivity index (χ2v) is 5.46. The lowest BCUT2D eigenvalue weighted by atomic mass is 10.0. The Hall–Kier alpha value is -2.72. The molecule has 2 unspecified atom stereocenters. The SMILES string of the molecule is CCC(C)C(O)CNc1cc(C#N)c2cc([N+](=O)[O-])ccc2n1. The Bertz CT molecular complexity index is 770. The quantitative estimate of drug-likeness (QED) is 0.626. The molecule has 0 aliphatic rings. The van der Waals surface area contributed by atoms with Crippen LogP contribution in [0.1, 0.15) is 25.8 Å². The molecule has 2 aromatic rings. The van der Waals surface area contributed by atoms with Gasteiger partial charge in [0.15, 0.2) is 0 Å². The highest BCUT2D eigenvalue weighted by atomic mass is 16.6. The number of aliphatic hydroxyl groups is 1. The second-order valence-electron chi connectivity index (χ2n) is 5.46. The summed E-state index contributed by atoms with van der Waals surface area (Å²) in [5.41, 5.74) is 0.720. The number of anilines is 1. The van der Waals surface area contributed by atoms with Gasteiger partial charge in [-0.3, -0.25) is 10.1 Å². The largest absolute Gasteiger partial charge is 0.391 e. The van der Waals surface area contributed by atoms with Gasteiger partial charge in [-0.25, -0.2) is 4.98 Å². The predicted octanol–water partition coefficient (Wildman–Crippen LogP) is 2.83. The number of rotatable bonds is 6. The number of nitrogens with one attached hydrogen (secondary N) is 1. The van der Waals surface area contributed by atoms with E-state index in [0.717, 1.165) is 6.42 Å². The first-order chi connectivity index (χ1) is 11.0. The molecule has 0 saturated carbocycles. The zero-order valence-electron chi connectivity index (χ0n) is 13.0. The fourth-order valence-electron chi connectivity index (χ4n) is 2.19. The number of aromatic nitrogens is 1. The monoisotopic (exact) mass is 314 g/mol. The van der Waals surface area contributed by atoms with E-state index in [4.69, 9.17) is 0 Å². The van der Waals surface area contributed by atoms with Gasteiger partial charge >= 0.3 is 0 Å². The van der Waals surface area contributed by atoms with E-state index in [-0.39, 0.29) is 11.6 Å². The highest BCUT2D eigenvalue weighted by Crippen LogP contribution is 2.25. The minimum atomic E-state index is -0.514. The Morgan fingerprint density at radius 3 is 2.83 bits per heavy atom. The number of hydrogen-bond acceptors (Lipinski definition) is 6. The van der Waals surface area contributed by atoms with Crippen molar-refractivity contribution in [3.8, 4) is 6.07 Å². The van der Waals surface area contributed by atoms with E-state index in [1.165, 1.54) is 24.3 Å². The normalized spacial score (nSPS) is 13.3. The van der Waals surface area contributed by atoms with Crippen LogP contribution in [0.25, 0.3) is 10.9 Å². The summed E-state index contributed by atoms with van der Waals surface area (Å²) in [6, 6.07) is 7.79. The molecule has 0 amide bonds. The fourth-order valence-corrected chi connectivity index (χ4v) is 2.19. The van der Waals surface area contributed by atoms with Gasteiger partial charge < -0.3 is 10.4 Å². The van der Waals surface area contributed by atoms with Gasteiger partial charge in [0.25, 0.3) is 5.69 Å². The third-order valence-corrected chi connectivity index (χ3v) is 3.92. The molecule has 0 saturated heterocycles. The van der Waals surface area contributed by atoms with Crippen LogP contribution in [0.5, 0.6) is 0 Å². The molecule has 120 valence electrons. The maximum absolute atomic E-state index is 10.8. The fraction of sp³-hybridized carbons (Fsp3) is 0.375. The van der Waals surface area contributed by atoms with Crippen LogP contribution in [0.15, 0.2) is 24.3 Å². The first-order valence-electron chi connectivity index (χ1n) is 7.37. The number of nitrogens with zero attached hydrogens (tertiary/aromatic N) is 3. The molecule has 1 aromatic heterocycles. The van der Waals surface area contributed by atoms with Crippen LogP contribution in [0.2, 0.25) is 0 Å². The smallest absolute Gasteiger partial charge is 0.270 e. The number of nitriles is 1. The third-order valence-electron chi connectivity index (χ3n) is 3.92. The van der Waals surface area contributed by atoms with Gasteiger partial charge in [-0.2, -0.15) is 5.26 Å². The summed E-state index contributed by atoms with van der Waals surface area (Å²) in [6.45, 7) is 4.29. The van der Waals surface area contributed by atoms with Gasteiger partial charge in [-0.05, 0) is 18.1 Å². The Morgan fingerprint density at radius 2 is 2.22 bits per heavy atom. The number of benzene rings is 1. The van der Waals surface area contributed by atoms with E-state index in [9.17, 15) is 20.5 Å². The van der Waals surface area contributed by atoms with Gasteiger partial charge in [-0.15, -0.1) is 0 Å². The number of hydrogen-bond donors (Lipinski definition) is 2. The van der Waals surface area contributed by atoms with E-state index >= 15 is 0 Å². The molecule has 1 heterocycles. The molecule has 23 heavy (non-hydrogen) atoms. The Morgan fingerprint density at radius 1 is 1.48 bits per heavy atom. The number of aliphatic hydroxyl groups excluding tert-OH is 1. The lowest BCUT2D eigenvalue weighted by Gasteiger charge is -2.18. The van der Waals surface area contributed by atoms with Gasteiger partial charge in [0.05, 0.1) is 28.2 Å². The van der Waals surface area contributed by atoms with Crippen molar-refractivity contribution in [3.05, 3.63) is 39.9 Å². The Labute approximate surface area is 133 Å². The summed E-state index contributed by atoms with van der Waals surface area (Å²) in [6.07, 6.45) is 0.348. The average Bonchev–Trinajstić information content (AvgIpc) is 2.57. The lowest BCUT2D eigenvalue weighted by Crippen LogP contribution is -2.26. The zero-order valence-corrected chi connectivity index (χ0v) is 13.0. The summed E-state index contributed by atoms with van der Waals surface area (Å²) in [5.74, 6) is 0.617. The molecule has 7 heteroatoms. The topological polar surface area (TPSA) is 112 Å². The van der Waals surface area contributed by atoms with Crippen LogP contribution in [0.3, 0.4) is 0 Å². The average molecular weight is 314 g/mol. The molecule has 0 spiro atoms. The Balaban J connectivity index is 2.32. The molecule has 2 N–H and O–H groups in total. The molecule has 0 bridgehead atoms. The van der Waals surface area contributed by atoms with Crippen molar-refractivity contribution in [1.82, 2.24) is 4.98 Å². The molecule has 2 atom stereocenters. The summed E-state index contributed by atoms with van der Waals surface area (Å²) in [5, 5.41) is 33.6. The zero-order chi connectivity index (χ0) is 17.0. The van der Waals surface area contributed by atoms with E-state index in [1.807, 2.05) is 19.9 Å². The van der Waals surface area contributed by atoms with E-state index in [0.29, 0.717) is 28.8 Å². The molecule has 1 aromatic carbocycles. The first kappa shape index (κ1) is 16.6. The molecule has 2 rings (SSSR count). The summed E-state index contributed by atoms with van der Waals surface area (Å²) in [4.78, 5) is 14.7. The maximum atomic E-state index is 10.8. The second kappa shape index (κ2) is 7.03. The van der Waals surface area contributed by atoms with Crippen LogP contribution >= 0.6 is 0 Å². The van der Waals surface area contributed by atoms with Crippen LogP contribution in [0, 0.1) is 27.4 Å². The molecular weight excluding hydrogens is 296 g/mol. The van der Waals surface area contributed by atoms with Gasteiger partial charge in [0.1, 0.15) is 5.82 Å². The molecule has 0 aliphatic carbocycles. The standard InChI is InChI=1S/C16H18N4O3/c1-3-10(2)15(21)9-18-16-6-11(8-17)13-7-12(20(22)23)4-5-14(13)19-16/h4-7,10,15,21H,3,9H2,1-2H3,(H,18,19). The minimum absolute atomic E-state index is 0.0799. The summed E-state index contributed by atoms with van der Waals surface area (Å²) in [7, 11) is 0. The minimum Gasteiger partial charge on any atom is -0.391 e. The van der Waals surface area contributed by atoms with Crippen LogP contribution in [-0.4, -0.2) is 27.7 Å². The number of fused-ring (bicyclic) bond motifs is 1. The van der Waals surface area contributed by atoms with Crippen molar-refractivity contribution < 1.29 is 10.0 Å². The summed E-state index contributed by atoms with van der Waals surface area (Å²) < 4.78 is 0. The molecule has 0 fully saturated rings. The van der Waals surface area contributed by atoms with E-state index in [1.54, 1.807) is 0 Å². The lowest BCUT2D eigenvalue weighted by molar-refractivity contribution is -0.384.